The number of fused-ring (bicyclic) bond motifs is 2. The second-order valence-electron chi connectivity index (χ2n) is 9.41. The van der Waals surface area contributed by atoms with Gasteiger partial charge in [0.1, 0.15) is 17.3 Å². The molecule has 3 aromatic carbocycles. The highest BCUT2D eigenvalue weighted by Crippen LogP contribution is 2.37. The van der Waals surface area contributed by atoms with Crippen LogP contribution < -0.4 is 0 Å². The van der Waals surface area contributed by atoms with Crippen molar-refractivity contribution in [3.8, 4) is 34.1 Å². The maximum Gasteiger partial charge on any atom is 0.335 e. The minimum atomic E-state index is -0.960. The number of aromatic hydroxyl groups is 2. The molecule has 3 N–H and O–H groups in total. The molecule has 0 saturated heterocycles. The Morgan fingerprint density at radius 3 is 2.44 bits per heavy atom. The van der Waals surface area contributed by atoms with Crippen LogP contribution in [0.15, 0.2) is 66.7 Å². The molecule has 1 aliphatic carbocycles. The van der Waals surface area contributed by atoms with Crippen LogP contribution in [0.1, 0.15) is 48.5 Å². The first-order chi connectivity index (χ1) is 17.5. The predicted octanol–water partition coefficient (Wildman–Crippen LogP) is 6.53. The Morgan fingerprint density at radius 1 is 0.833 bits per heavy atom. The molecule has 2 aromatic heterocycles. The molecule has 0 bridgehead atoms. The molecule has 2 heterocycles. The summed E-state index contributed by atoms with van der Waals surface area (Å²) < 4.78 is 2.29. The van der Waals surface area contributed by atoms with Gasteiger partial charge in [0.2, 0.25) is 0 Å². The van der Waals surface area contributed by atoms with Crippen LogP contribution in [0.5, 0.6) is 11.5 Å². The van der Waals surface area contributed by atoms with Crippen molar-refractivity contribution >= 4 is 27.9 Å². The maximum absolute atomic E-state index is 11.6. The van der Waals surface area contributed by atoms with E-state index in [1.165, 1.54) is 31.4 Å². The van der Waals surface area contributed by atoms with Gasteiger partial charge in [-0.1, -0.05) is 25.3 Å². The van der Waals surface area contributed by atoms with Gasteiger partial charge in [0.15, 0.2) is 0 Å². The molecule has 0 spiro atoms. The van der Waals surface area contributed by atoms with Gasteiger partial charge in [0.25, 0.3) is 0 Å². The molecule has 7 heteroatoms. The number of phenolic OH excluding ortho intramolecular Hbond substituents is 2. The third kappa shape index (κ3) is 3.82. The van der Waals surface area contributed by atoms with Crippen LogP contribution in [0.25, 0.3) is 44.6 Å². The van der Waals surface area contributed by atoms with E-state index in [0.717, 1.165) is 40.6 Å². The zero-order valence-corrected chi connectivity index (χ0v) is 19.6. The van der Waals surface area contributed by atoms with Gasteiger partial charge in [0.05, 0.1) is 27.8 Å². The summed E-state index contributed by atoms with van der Waals surface area (Å²) in [5.74, 6) is -0.155. The van der Waals surface area contributed by atoms with Gasteiger partial charge in [-0.05, 0) is 67.4 Å². The Balaban J connectivity index is 1.47. The monoisotopic (exact) mass is 479 g/mol. The summed E-state index contributed by atoms with van der Waals surface area (Å²) >= 11 is 0. The minimum Gasteiger partial charge on any atom is -0.508 e. The van der Waals surface area contributed by atoms with E-state index in [1.807, 2.05) is 30.3 Å². The fourth-order valence-electron chi connectivity index (χ4n) is 5.30. The first kappa shape index (κ1) is 22.1. The second-order valence-corrected chi connectivity index (χ2v) is 9.41. The van der Waals surface area contributed by atoms with Crippen LogP contribution in [0.3, 0.4) is 0 Å². The van der Waals surface area contributed by atoms with E-state index in [0.29, 0.717) is 22.8 Å². The van der Waals surface area contributed by atoms with E-state index < -0.39 is 5.97 Å². The minimum absolute atomic E-state index is 0.00184. The zero-order chi connectivity index (χ0) is 24.8. The van der Waals surface area contributed by atoms with Crippen LogP contribution in [-0.4, -0.2) is 35.8 Å². The van der Waals surface area contributed by atoms with Crippen LogP contribution in [0.4, 0.5) is 0 Å². The second kappa shape index (κ2) is 8.68. The molecule has 7 nitrogen and oxygen atoms in total. The highest BCUT2D eigenvalue weighted by Gasteiger charge is 2.23. The van der Waals surface area contributed by atoms with Crippen molar-refractivity contribution in [1.82, 2.24) is 14.5 Å². The molecule has 0 unspecified atom stereocenters. The molecular formula is C29H25N3O4. The van der Waals surface area contributed by atoms with Crippen LogP contribution >= 0.6 is 0 Å². The molecule has 180 valence electrons. The Morgan fingerprint density at radius 2 is 1.67 bits per heavy atom. The number of carboxylic acids is 1. The Bertz CT molecular complexity index is 1630. The molecular weight excluding hydrogens is 454 g/mol. The summed E-state index contributed by atoms with van der Waals surface area (Å²) in [6, 6.07) is 19.8. The zero-order valence-electron chi connectivity index (χ0n) is 19.6. The lowest BCUT2D eigenvalue weighted by Crippen LogP contribution is -2.14. The standard InChI is InChI=1S/C29H25N3O4/c33-21-9-10-22(27(34)16-21)24-12-6-17-14-18(7-11-23(17)30-24)28-31-25-15-19(29(35)36)8-13-26(25)32(28)20-4-2-1-3-5-20/h6-16,20,33-34H,1-5H2,(H,35,36). The highest BCUT2D eigenvalue weighted by atomic mass is 16.4. The van der Waals surface area contributed by atoms with E-state index in [4.69, 9.17) is 9.97 Å². The number of pyridine rings is 1. The van der Waals surface area contributed by atoms with Gasteiger partial charge < -0.3 is 19.9 Å². The lowest BCUT2D eigenvalue weighted by atomic mass is 9.94. The van der Waals surface area contributed by atoms with Gasteiger partial charge >= 0.3 is 5.97 Å². The smallest absolute Gasteiger partial charge is 0.335 e. The number of hydrogen-bond acceptors (Lipinski definition) is 5. The van der Waals surface area contributed by atoms with Crippen LogP contribution in [0.2, 0.25) is 0 Å². The number of carboxylic acid groups (broad SMARTS) is 1. The molecule has 0 atom stereocenters. The van der Waals surface area contributed by atoms with Crippen molar-refractivity contribution in [2.45, 2.75) is 38.1 Å². The summed E-state index contributed by atoms with van der Waals surface area (Å²) in [6.45, 7) is 0. The lowest BCUT2D eigenvalue weighted by molar-refractivity contribution is 0.0697. The third-order valence-corrected chi connectivity index (χ3v) is 7.08. The molecule has 36 heavy (non-hydrogen) atoms. The number of benzene rings is 3. The largest absolute Gasteiger partial charge is 0.508 e. The summed E-state index contributed by atoms with van der Waals surface area (Å²) in [5, 5.41) is 30.2. The third-order valence-electron chi connectivity index (χ3n) is 7.08. The average molecular weight is 480 g/mol. The van der Waals surface area contributed by atoms with Crippen LogP contribution in [0, 0.1) is 0 Å². The van der Waals surface area contributed by atoms with Gasteiger partial charge in [-0.25, -0.2) is 14.8 Å². The van der Waals surface area contributed by atoms with E-state index in [1.54, 1.807) is 18.2 Å². The quantitative estimate of drug-likeness (QED) is 0.270. The number of rotatable bonds is 4. The number of carbonyl (C=O) groups is 1. The Kier molecular flexibility index (Phi) is 5.33. The summed E-state index contributed by atoms with van der Waals surface area (Å²) in [7, 11) is 0. The van der Waals surface area contributed by atoms with Crippen molar-refractivity contribution in [2.24, 2.45) is 0 Å². The van der Waals surface area contributed by atoms with Crippen molar-refractivity contribution < 1.29 is 20.1 Å². The van der Waals surface area contributed by atoms with Crippen molar-refractivity contribution in [2.75, 3.05) is 0 Å². The maximum atomic E-state index is 11.6. The molecule has 6 rings (SSSR count). The fraction of sp³-hybridized carbons (Fsp3) is 0.207. The van der Waals surface area contributed by atoms with E-state index >= 15 is 0 Å². The Hall–Kier alpha value is -4.39. The number of phenols is 2. The van der Waals surface area contributed by atoms with Crippen molar-refractivity contribution in [3.05, 3.63) is 72.3 Å². The van der Waals surface area contributed by atoms with Gasteiger partial charge in [-0.2, -0.15) is 0 Å². The summed E-state index contributed by atoms with van der Waals surface area (Å²) in [5.41, 5.74) is 4.76. The van der Waals surface area contributed by atoms with Crippen molar-refractivity contribution in [1.29, 1.82) is 0 Å². The van der Waals surface area contributed by atoms with Gasteiger partial charge in [-0.3, -0.25) is 0 Å². The normalized spacial score (nSPS) is 14.4. The summed E-state index contributed by atoms with van der Waals surface area (Å²) in [6.07, 6.45) is 5.74. The SMILES string of the molecule is O=C(O)c1ccc2c(c1)nc(-c1ccc3nc(-c4ccc(O)cc4O)ccc3c1)n2C1CCCCC1. The average Bonchev–Trinajstić information content (AvgIpc) is 3.27. The first-order valence-electron chi connectivity index (χ1n) is 12.2. The van der Waals surface area contributed by atoms with E-state index in [-0.39, 0.29) is 17.1 Å². The number of imidazole rings is 1. The molecule has 1 aliphatic rings. The molecule has 0 radical (unpaired) electrons. The van der Waals surface area contributed by atoms with Gasteiger partial charge in [-0.15, -0.1) is 0 Å². The number of hydrogen-bond donors (Lipinski definition) is 3. The number of nitrogens with zero attached hydrogens (tertiary/aromatic N) is 3. The predicted molar refractivity (Wildman–Crippen MR) is 138 cm³/mol. The summed E-state index contributed by atoms with van der Waals surface area (Å²) in [4.78, 5) is 21.2. The topological polar surface area (TPSA) is 108 Å². The molecule has 0 amide bonds. The molecule has 0 aliphatic heterocycles. The van der Waals surface area contributed by atoms with E-state index in [9.17, 15) is 20.1 Å². The lowest BCUT2D eigenvalue weighted by Gasteiger charge is -2.25. The molecule has 1 saturated carbocycles. The highest BCUT2D eigenvalue weighted by molar-refractivity contribution is 5.94. The fourth-order valence-corrected chi connectivity index (χ4v) is 5.30. The number of aromatic carboxylic acids is 1. The Labute approximate surface area is 207 Å². The van der Waals surface area contributed by atoms with Crippen LogP contribution in [-0.2, 0) is 0 Å². The molecule has 1 fully saturated rings. The van der Waals surface area contributed by atoms with E-state index in [2.05, 4.69) is 10.6 Å². The molecule has 5 aromatic rings. The number of aromatic nitrogens is 3. The van der Waals surface area contributed by atoms with Crippen molar-refractivity contribution in [3.63, 3.8) is 0 Å². The first-order valence-corrected chi connectivity index (χ1v) is 12.2. The van der Waals surface area contributed by atoms with Gasteiger partial charge in [0, 0.05) is 28.6 Å².